The van der Waals surface area contributed by atoms with Crippen LogP contribution in [0.3, 0.4) is 0 Å². The minimum absolute atomic E-state index is 0.00424. The number of nitrogens with one attached hydrogen (secondary N) is 1. The van der Waals surface area contributed by atoms with Crippen LogP contribution in [0, 0.1) is 5.82 Å². The van der Waals surface area contributed by atoms with Gasteiger partial charge < -0.3 is 14.8 Å². The molecule has 0 saturated heterocycles. The van der Waals surface area contributed by atoms with E-state index in [9.17, 15) is 9.18 Å². The summed E-state index contributed by atoms with van der Waals surface area (Å²) in [4.78, 5) is 11.8. The molecule has 1 amide bonds. The van der Waals surface area contributed by atoms with E-state index in [1.54, 1.807) is 25.3 Å². The molecule has 116 valence electrons. The predicted octanol–water partition coefficient (Wildman–Crippen LogP) is 3.41. The molecule has 2 rings (SSSR count). The van der Waals surface area contributed by atoms with Gasteiger partial charge in [0.25, 0.3) is 5.91 Å². The molecular weight excluding hydrogens is 353 g/mol. The zero-order valence-corrected chi connectivity index (χ0v) is 13.5. The van der Waals surface area contributed by atoms with Crippen LogP contribution in [-0.4, -0.2) is 26.2 Å². The molecule has 0 heterocycles. The third-order valence-corrected chi connectivity index (χ3v) is 3.37. The number of methoxy groups -OCH3 is 1. The molecule has 22 heavy (non-hydrogen) atoms. The van der Waals surface area contributed by atoms with E-state index < -0.39 is 11.7 Å². The molecule has 0 fully saturated rings. The first-order chi connectivity index (χ1) is 10.6. The molecule has 0 atom stereocenters. The quantitative estimate of drug-likeness (QED) is 0.795. The van der Waals surface area contributed by atoms with Crippen molar-refractivity contribution in [1.82, 2.24) is 5.32 Å². The number of benzene rings is 2. The van der Waals surface area contributed by atoms with Crippen molar-refractivity contribution in [3.8, 4) is 11.5 Å². The lowest BCUT2D eigenvalue weighted by Gasteiger charge is -2.09. The van der Waals surface area contributed by atoms with E-state index in [-0.39, 0.29) is 18.7 Å². The van der Waals surface area contributed by atoms with Crippen LogP contribution >= 0.6 is 15.9 Å². The molecule has 1 N–H and O–H groups in total. The van der Waals surface area contributed by atoms with Crippen LogP contribution in [0.4, 0.5) is 4.39 Å². The summed E-state index contributed by atoms with van der Waals surface area (Å²) in [5, 5.41) is 2.61. The lowest BCUT2D eigenvalue weighted by molar-refractivity contribution is 0.0943. The Labute approximate surface area is 136 Å². The molecule has 0 saturated carbocycles. The highest BCUT2D eigenvalue weighted by atomic mass is 79.9. The number of carbonyl (C=O) groups is 1. The Bertz CT molecular complexity index is 664. The second-order valence-corrected chi connectivity index (χ2v) is 5.32. The molecule has 2 aromatic carbocycles. The highest BCUT2D eigenvalue weighted by molar-refractivity contribution is 9.10. The fourth-order valence-corrected chi connectivity index (χ4v) is 2.13. The SMILES string of the molecule is COc1cccc(OCCNC(=O)c2ccc(Br)cc2F)c1. The summed E-state index contributed by atoms with van der Waals surface area (Å²) in [5.41, 5.74) is 0.00424. The maximum Gasteiger partial charge on any atom is 0.254 e. The topological polar surface area (TPSA) is 47.6 Å². The van der Waals surface area contributed by atoms with Gasteiger partial charge in [0.15, 0.2) is 0 Å². The van der Waals surface area contributed by atoms with Gasteiger partial charge in [-0.1, -0.05) is 22.0 Å². The van der Waals surface area contributed by atoms with Gasteiger partial charge in [0.1, 0.15) is 23.9 Å². The summed E-state index contributed by atoms with van der Waals surface area (Å²) < 4.78 is 24.8. The number of rotatable bonds is 6. The maximum atomic E-state index is 13.6. The molecule has 0 radical (unpaired) electrons. The first-order valence-electron chi connectivity index (χ1n) is 6.60. The van der Waals surface area contributed by atoms with Gasteiger partial charge in [-0.15, -0.1) is 0 Å². The second kappa shape index (κ2) is 7.79. The standard InChI is InChI=1S/C16H15BrFNO3/c1-21-12-3-2-4-13(10-12)22-8-7-19-16(20)14-6-5-11(17)9-15(14)18/h2-6,9-10H,7-8H2,1H3,(H,19,20). The molecule has 0 spiro atoms. The van der Waals surface area contributed by atoms with E-state index in [0.717, 1.165) is 0 Å². The van der Waals surface area contributed by atoms with Crippen LogP contribution in [-0.2, 0) is 0 Å². The van der Waals surface area contributed by atoms with Gasteiger partial charge in [-0.25, -0.2) is 4.39 Å². The Morgan fingerprint density at radius 3 is 2.73 bits per heavy atom. The molecular formula is C16H15BrFNO3. The molecule has 0 aliphatic rings. The summed E-state index contributed by atoms with van der Waals surface area (Å²) >= 11 is 3.14. The number of hydrogen-bond acceptors (Lipinski definition) is 3. The molecule has 0 aliphatic heterocycles. The van der Waals surface area contributed by atoms with Crippen LogP contribution in [0.1, 0.15) is 10.4 Å². The lowest BCUT2D eigenvalue weighted by atomic mass is 10.2. The van der Waals surface area contributed by atoms with Crippen molar-refractivity contribution < 1.29 is 18.7 Å². The van der Waals surface area contributed by atoms with E-state index in [4.69, 9.17) is 9.47 Å². The summed E-state index contributed by atoms with van der Waals surface area (Å²) in [5.74, 6) is 0.293. The van der Waals surface area contributed by atoms with Crippen molar-refractivity contribution in [1.29, 1.82) is 0 Å². The van der Waals surface area contributed by atoms with Crippen LogP contribution in [0.2, 0.25) is 0 Å². The Morgan fingerprint density at radius 2 is 2.00 bits per heavy atom. The van der Waals surface area contributed by atoms with Crippen molar-refractivity contribution in [2.24, 2.45) is 0 Å². The average molecular weight is 368 g/mol. The second-order valence-electron chi connectivity index (χ2n) is 4.41. The van der Waals surface area contributed by atoms with E-state index >= 15 is 0 Å². The van der Waals surface area contributed by atoms with Crippen LogP contribution < -0.4 is 14.8 Å². The summed E-state index contributed by atoms with van der Waals surface area (Å²) in [6.07, 6.45) is 0. The van der Waals surface area contributed by atoms with Crippen molar-refractivity contribution in [3.63, 3.8) is 0 Å². The fraction of sp³-hybridized carbons (Fsp3) is 0.188. The molecule has 0 bridgehead atoms. The van der Waals surface area contributed by atoms with Gasteiger partial charge in [0.05, 0.1) is 19.2 Å². The Hall–Kier alpha value is -2.08. The largest absolute Gasteiger partial charge is 0.497 e. The zero-order chi connectivity index (χ0) is 15.9. The van der Waals surface area contributed by atoms with Crippen LogP contribution in [0.5, 0.6) is 11.5 Å². The van der Waals surface area contributed by atoms with E-state index in [1.807, 2.05) is 12.1 Å². The van der Waals surface area contributed by atoms with Gasteiger partial charge in [-0.2, -0.15) is 0 Å². The first kappa shape index (κ1) is 16.3. The summed E-state index contributed by atoms with van der Waals surface area (Å²) in [7, 11) is 1.58. The predicted molar refractivity (Wildman–Crippen MR) is 84.9 cm³/mol. The van der Waals surface area contributed by atoms with Gasteiger partial charge >= 0.3 is 0 Å². The van der Waals surface area contributed by atoms with Gasteiger partial charge in [-0.05, 0) is 30.3 Å². The highest BCUT2D eigenvalue weighted by Gasteiger charge is 2.11. The number of hydrogen-bond donors (Lipinski definition) is 1. The zero-order valence-electron chi connectivity index (χ0n) is 11.9. The van der Waals surface area contributed by atoms with E-state index in [1.165, 1.54) is 12.1 Å². The van der Waals surface area contributed by atoms with Crippen molar-refractivity contribution in [2.75, 3.05) is 20.3 Å². The number of amides is 1. The fourth-order valence-electron chi connectivity index (χ4n) is 1.79. The van der Waals surface area contributed by atoms with E-state index in [2.05, 4.69) is 21.2 Å². The minimum Gasteiger partial charge on any atom is -0.497 e. The Balaban J connectivity index is 1.82. The normalized spacial score (nSPS) is 10.1. The highest BCUT2D eigenvalue weighted by Crippen LogP contribution is 2.18. The smallest absolute Gasteiger partial charge is 0.254 e. The minimum atomic E-state index is -0.569. The lowest BCUT2D eigenvalue weighted by Crippen LogP contribution is -2.28. The average Bonchev–Trinajstić information content (AvgIpc) is 2.51. The first-order valence-corrected chi connectivity index (χ1v) is 7.39. The number of halogens is 2. The Kier molecular flexibility index (Phi) is 5.77. The summed E-state index contributed by atoms with van der Waals surface area (Å²) in [6, 6.07) is 11.5. The van der Waals surface area contributed by atoms with Crippen molar-refractivity contribution in [3.05, 3.63) is 58.3 Å². The van der Waals surface area contributed by atoms with E-state index in [0.29, 0.717) is 16.0 Å². The number of carbonyl (C=O) groups excluding carboxylic acids is 1. The molecule has 6 heteroatoms. The Morgan fingerprint density at radius 1 is 1.23 bits per heavy atom. The third-order valence-electron chi connectivity index (χ3n) is 2.87. The molecule has 2 aromatic rings. The van der Waals surface area contributed by atoms with Gasteiger partial charge in [0, 0.05) is 10.5 Å². The van der Waals surface area contributed by atoms with Crippen LogP contribution in [0.15, 0.2) is 46.9 Å². The van der Waals surface area contributed by atoms with Gasteiger partial charge in [-0.3, -0.25) is 4.79 Å². The molecule has 0 aromatic heterocycles. The molecule has 0 aliphatic carbocycles. The van der Waals surface area contributed by atoms with Crippen molar-refractivity contribution in [2.45, 2.75) is 0 Å². The van der Waals surface area contributed by atoms with Crippen LogP contribution in [0.25, 0.3) is 0 Å². The van der Waals surface area contributed by atoms with Gasteiger partial charge in [0.2, 0.25) is 0 Å². The maximum absolute atomic E-state index is 13.6. The monoisotopic (exact) mass is 367 g/mol. The third kappa shape index (κ3) is 4.46. The molecule has 4 nitrogen and oxygen atoms in total. The number of ether oxygens (including phenoxy) is 2. The molecule has 0 unspecified atom stereocenters. The summed E-state index contributed by atoms with van der Waals surface area (Å²) in [6.45, 7) is 0.544. The van der Waals surface area contributed by atoms with Crippen molar-refractivity contribution >= 4 is 21.8 Å².